The van der Waals surface area contributed by atoms with E-state index in [1.165, 1.54) is 25.7 Å². The summed E-state index contributed by atoms with van der Waals surface area (Å²) in [7, 11) is 0. The normalized spacial score (nSPS) is 26.0. The SMILES string of the molecule is CCOC(=O)C1CC1c1cc(-c2cnnc(OC[C@H]3CC[C@H](C)CC3)c2)ccn1. The molecule has 2 heterocycles. The summed E-state index contributed by atoms with van der Waals surface area (Å²) in [6, 6.07) is 5.93. The first-order valence-corrected chi connectivity index (χ1v) is 10.7. The summed E-state index contributed by atoms with van der Waals surface area (Å²) >= 11 is 0. The number of rotatable bonds is 7. The van der Waals surface area contributed by atoms with E-state index in [0.717, 1.165) is 29.2 Å². The van der Waals surface area contributed by atoms with Gasteiger partial charge in [0.15, 0.2) is 0 Å². The highest BCUT2D eigenvalue weighted by atomic mass is 16.5. The zero-order valence-corrected chi connectivity index (χ0v) is 17.2. The fraction of sp³-hybridized carbons (Fsp3) is 0.565. The Morgan fingerprint density at radius 2 is 2.00 bits per heavy atom. The Labute approximate surface area is 172 Å². The zero-order chi connectivity index (χ0) is 20.2. The first-order chi connectivity index (χ1) is 14.1. The Bertz CT molecular complexity index is 849. The number of esters is 1. The standard InChI is InChI=1S/C23H29N3O3/c1-3-28-23(27)20-12-19(20)21-10-17(8-9-24-21)18-11-22(26-25-13-18)29-14-16-6-4-15(2)5-7-16/h8-11,13,15-16,19-20H,3-7,12,14H2,1-2H3/t15-,16-,19?,20?. The van der Waals surface area contributed by atoms with Crippen molar-refractivity contribution in [2.75, 3.05) is 13.2 Å². The van der Waals surface area contributed by atoms with E-state index < -0.39 is 0 Å². The maximum Gasteiger partial charge on any atom is 0.309 e. The van der Waals surface area contributed by atoms with Crippen molar-refractivity contribution in [3.63, 3.8) is 0 Å². The Balaban J connectivity index is 1.40. The zero-order valence-electron chi connectivity index (χ0n) is 17.2. The van der Waals surface area contributed by atoms with Crippen LogP contribution in [0.3, 0.4) is 0 Å². The van der Waals surface area contributed by atoms with E-state index in [2.05, 4.69) is 22.1 Å². The van der Waals surface area contributed by atoms with E-state index in [1.807, 2.05) is 25.1 Å². The molecule has 2 aromatic heterocycles. The molecule has 0 N–H and O–H groups in total. The molecule has 2 saturated carbocycles. The second kappa shape index (κ2) is 8.89. The summed E-state index contributed by atoms with van der Waals surface area (Å²) in [4.78, 5) is 16.4. The highest BCUT2D eigenvalue weighted by molar-refractivity contribution is 5.77. The molecule has 2 unspecified atom stereocenters. The lowest BCUT2D eigenvalue weighted by molar-refractivity contribution is -0.144. The molecule has 0 saturated heterocycles. The number of carbonyl (C=O) groups excluding carboxylic acids is 1. The van der Waals surface area contributed by atoms with Crippen molar-refractivity contribution >= 4 is 5.97 Å². The number of carbonyl (C=O) groups is 1. The van der Waals surface area contributed by atoms with Gasteiger partial charge in [-0.3, -0.25) is 9.78 Å². The van der Waals surface area contributed by atoms with Crippen molar-refractivity contribution in [1.29, 1.82) is 0 Å². The third kappa shape index (κ3) is 4.92. The summed E-state index contributed by atoms with van der Waals surface area (Å²) in [5.41, 5.74) is 2.89. The van der Waals surface area contributed by atoms with Crippen molar-refractivity contribution in [2.45, 2.75) is 51.9 Å². The van der Waals surface area contributed by atoms with Gasteiger partial charge in [0, 0.05) is 29.4 Å². The fourth-order valence-corrected chi connectivity index (χ4v) is 4.14. The van der Waals surface area contributed by atoms with Gasteiger partial charge in [-0.15, -0.1) is 5.10 Å². The average Bonchev–Trinajstić information content (AvgIpc) is 3.55. The number of pyridine rings is 1. The van der Waals surface area contributed by atoms with Gasteiger partial charge in [0.2, 0.25) is 5.88 Å². The van der Waals surface area contributed by atoms with Gasteiger partial charge < -0.3 is 9.47 Å². The van der Waals surface area contributed by atoms with Gasteiger partial charge in [-0.2, -0.15) is 5.10 Å². The van der Waals surface area contributed by atoms with E-state index in [9.17, 15) is 4.79 Å². The van der Waals surface area contributed by atoms with Crippen LogP contribution < -0.4 is 4.74 Å². The van der Waals surface area contributed by atoms with Gasteiger partial charge in [0.1, 0.15) is 0 Å². The minimum Gasteiger partial charge on any atom is -0.476 e. The van der Waals surface area contributed by atoms with Crippen LogP contribution in [0.5, 0.6) is 5.88 Å². The number of aromatic nitrogens is 3. The molecule has 29 heavy (non-hydrogen) atoms. The highest BCUT2D eigenvalue weighted by Crippen LogP contribution is 2.48. The smallest absolute Gasteiger partial charge is 0.309 e. The van der Waals surface area contributed by atoms with Gasteiger partial charge >= 0.3 is 5.97 Å². The highest BCUT2D eigenvalue weighted by Gasteiger charge is 2.46. The summed E-state index contributed by atoms with van der Waals surface area (Å²) in [5, 5.41) is 8.27. The molecule has 2 atom stereocenters. The van der Waals surface area contributed by atoms with Crippen LogP contribution in [0.15, 0.2) is 30.6 Å². The first-order valence-electron chi connectivity index (χ1n) is 10.7. The molecule has 2 aliphatic rings. The van der Waals surface area contributed by atoms with E-state index in [4.69, 9.17) is 9.47 Å². The number of nitrogens with zero attached hydrogens (tertiary/aromatic N) is 3. The van der Waals surface area contributed by atoms with Crippen molar-refractivity contribution in [2.24, 2.45) is 17.8 Å². The second-order valence-electron chi connectivity index (χ2n) is 8.39. The molecule has 4 rings (SSSR count). The van der Waals surface area contributed by atoms with E-state index in [-0.39, 0.29) is 17.8 Å². The molecule has 2 aliphatic carbocycles. The molecule has 6 nitrogen and oxygen atoms in total. The lowest BCUT2D eigenvalue weighted by atomic mass is 9.83. The first kappa shape index (κ1) is 19.8. The Kier molecular flexibility index (Phi) is 6.07. The van der Waals surface area contributed by atoms with E-state index in [0.29, 0.717) is 25.0 Å². The molecule has 154 valence electrons. The predicted octanol–water partition coefficient (Wildman–Crippen LogP) is 4.41. The molecule has 2 fully saturated rings. The summed E-state index contributed by atoms with van der Waals surface area (Å²) < 4.78 is 11.1. The third-order valence-corrected chi connectivity index (χ3v) is 6.11. The number of ether oxygens (including phenoxy) is 2. The minimum absolute atomic E-state index is 0.0645. The molecule has 2 aromatic rings. The molecule has 0 aromatic carbocycles. The van der Waals surface area contributed by atoms with Gasteiger partial charge in [-0.1, -0.05) is 19.8 Å². The van der Waals surface area contributed by atoms with Crippen molar-refractivity contribution in [1.82, 2.24) is 15.2 Å². The van der Waals surface area contributed by atoms with Crippen LogP contribution >= 0.6 is 0 Å². The summed E-state index contributed by atoms with van der Waals surface area (Å²) in [6.45, 7) is 5.28. The molecule has 0 aliphatic heterocycles. The van der Waals surface area contributed by atoms with E-state index in [1.54, 1.807) is 12.4 Å². The average molecular weight is 396 g/mol. The lowest BCUT2D eigenvalue weighted by Gasteiger charge is -2.25. The molecule has 0 radical (unpaired) electrons. The lowest BCUT2D eigenvalue weighted by Crippen LogP contribution is -2.19. The molecule has 0 bridgehead atoms. The van der Waals surface area contributed by atoms with Crippen LogP contribution in [0, 0.1) is 17.8 Å². The topological polar surface area (TPSA) is 74.2 Å². The van der Waals surface area contributed by atoms with Gasteiger partial charge in [0.25, 0.3) is 0 Å². The summed E-state index contributed by atoms with van der Waals surface area (Å²) in [6.07, 6.45) is 9.36. The van der Waals surface area contributed by atoms with Crippen LogP contribution in [-0.4, -0.2) is 34.4 Å². The maximum atomic E-state index is 11.9. The molecule has 6 heteroatoms. The Hall–Kier alpha value is -2.50. The van der Waals surface area contributed by atoms with Crippen LogP contribution in [0.25, 0.3) is 11.1 Å². The van der Waals surface area contributed by atoms with Crippen LogP contribution in [-0.2, 0) is 9.53 Å². The molecular weight excluding hydrogens is 366 g/mol. The van der Waals surface area contributed by atoms with Gasteiger partial charge in [0.05, 0.1) is 25.3 Å². The number of hydrogen-bond acceptors (Lipinski definition) is 6. The van der Waals surface area contributed by atoms with Gasteiger partial charge in [-0.25, -0.2) is 0 Å². The van der Waals surface area contributed by atoms with Crippen molar-refractivity contribution < 1.29 is 14.3 Å². The fourth-order valence-electron chi connectivity index (χ4n) is 4.14. The number of hydrogen-bond donors (Lipinski definition) is 0. The third-order valence-electron chi connectivity index (χ3n) is 6.11. The van der Waals surface area contributed by atoms with Crippen molar-refractivity contribution in [3.8, 4) is 17.0 Å². The van der Waals surface area contributed by atoms with E-state index >= 15 is 0 Å². The van der Waals surface area contributed by atoms with Crippen molar-refractivity contribution in [3.05, 3.63) is 36.3 Å². The Morgan fingerprint density at radius 3 is 2.79 bits per heavy atom. The Morgan fingerprint density at radius 1 is 1.17 bits per heavy atom. The minimum atomic E-state index is -0.122. The summed E-state index contributed by atoms with van der Waals surface area (Å²) in [5.74, 6) is 1.97. The quantitative estimate of drug-likeness (QED) is 0.647. The van der Waals surface area contributed by atoms with Crippen LogP contribution in [0.2, 0.25) is 0 Å². The predicted molar refractivity (Wildman–Crippen MR) is 109 cm³/mol. The largest absolute Gasteiger partial charge is 0.476 e. The monoisotopic (exact) mass is 395 g/mol. The second-order valence-corrected chi connectivity index (χ2v) is 8.39. The maximum absolute atomic E-state index is 11.9. The van der Waals surface area contributed by atoms with Gasteiger partial charge in [-0.05, 0) is 55.7 Å². The van der Waals surface area contributed by atoms with Crippen LogP contribution in [0.1, 0.15) is 57.6 Å². The molecule has 0 spiro atoms. The molecular formula is C23H29N3O3. The van der Waals surface area contributed by atoms with Crippen LogP contribution in [0.4, 0.5) is 0 Å². The molecule has 0 amide bonds.